The Bertz CT molecular complexity index is 1380. The summed E-state index contributed by atoms with van der Waals surface area (Å²) in [5.41, 5.74) is 1.09. The first-order valence-electron chi connectivity index (χ1n) is 12.9. The molecule has 12 heteroatoms. The molecule has 6 N–H and O–H groups in total. The van der Waals surface area contributed by atoms with E-state index in [-0.39, 0.29) is 37.2 Å². The Morgan fingerprint density at radius 2 is 1.95 bits per heavy atom. The third-order valence-corrected chi connectivity index (χ3v) is 7.33. The Labute approximate surface area is 235 Å². The number of hydrogen-bond acceptors (Lipinski definition) is 9. The quantitative estimate of drug-likeness (QED) is 0.251. The number of nitrogens with one attached hydrogen (secondary N) is 3. The van der Waals surface area contributed by atoms with E-state index in [2.05, 4.69) is 27.0 Å². The zero-order chi connectivity index (χ0) is 28.9. The van der Waals surface area contributed by atoms with Crippen molar-refractivity contribution >= 4 is 40.9 Å². The van der Waals surface area contributed by atoms with Crippen molar-refractivity contribution in [1.29, 1.82) is 5.26 Å². The normalized spacial score (nSPS) is 18.2. The highest BCUT2D eigenvalue weighted by Gasteiger charge is 2.39. The molecule has 40 heavy (non-hydrogen) atoms. The van der Waals surface area contributed by atoms with Gasteiger partial charge in [0.05, 0.1) is 37.1 Å². The number of β-amino-alcohol motifs (C(OH)–C–C–N with tert-alkyl or cyclic N) is 1. The molecule has 1 aliphatic carbocycles. The molecule has 0 aromatic heterocycles. The molecule has 1 fully saturated rings. The van der Waals surface area contributed by atoms with E-state index in [4.69, 9.17) is 11.6 Å². The van der Waals surface area contributed by atoms with Crippen LogP contribution in [0.5, 0.6) is 5.75 Å². The summed E-state index contributed by atoms with van der Waals surface area (Å²) in [5, 5.41) is 47.5. The van der Waals surface area contributed by atoms with Crippen molar-refractivity contribution in [3.63, 3.8) is 0 Å². The molecular formula is C28H30ClN5O6. The van der Waals surface area contributed by atoms with E-state index in [0.29, 0.717) is 41.6 Å². The van der Waals surface area contributed by atoms with E-state index in [1.807, 2.05) is 0 Å². The molecule has 0 bridgehead atoms. The van der Waals surface area contributed by atoms with Gasteiger partial charge in [-0.05, 0) is 54.7 Å². The summed E-state index contributed by atoms with van der Waals surface area (Å²) in [7, 11) is 0. The number of anilines is 1. The van der Waals surface area contributed by atoms with E-state index >= 15 is 0 Å². The van der Waals surface area contributed by atoms with E-state index in [1.54, 1.807) is 18.2 Å². The van der Waals surface area contributed by atoms with Crippen LogP contribution in [0.3, 0.4) is 0 Å². The highest BCUT2D eigenvalue weighted by molar-refractivity contribution is 6.30. The van der Waals surface area contributed by atoms with E-state index in [9.17, 15) is 35.0 Å². The summed E-state index contributed by atoms with van der Waals surface area (Å²) >= 11 is 6.33. The number of aliphatic carboxylic acids is 1. The van der Waals surface area contributed by atoms with Gasteiger partial charge < -0.3 is 31.3 Å². The molecule has 2 aromatic carbocycles. The number of Topliss-reactive ketones (excluding diaryl/α,β-unsaturated/α-hetero) is 1. The molecule has 1 amide bonds. The van der Waals surface area contributed by atoms with Crippen LogP contribution in [0, 0.1) is 11.3 Å². The molecule has 0 radical (unpaired) electrons. The smallest absolute Gasteiger partial charge is 0.303 e. The van der Waals surface area contributed by atoms with Gasteiger partial charge in [-0.25, -0.2) is 0 Å². The van der Waals surface area contributed by atoms with Gasteiger partial charge in [0.25, 0.3) is 5.91 Å². The summed E-state index contributed by atoms with van der Waals surface area (Å²) < 4.78 is 0. The Hall–Kier alpha value is -4.14. The number of nitriles is 1. The molecule has 1 aliphatic heterocycles. The number of carbonyl (C=O) groups excluding carboxylic acids is 2. The number of carboxylic acids is 1. The Morgan fingerprint density at radius 3 is 2.58 bits per heavy atom. The number of halogens is 1. The number of aliphatic imine (C=N–C) groups is 1. The van der Waals surface area contributed by atoms with Crippen LogP contribution < -0.4 is 16.0 Å². The van der Waals surface area contributed by atoms with Crippen molar-refractivity contribution in [3.8, 4) is 11.8 Å². The van der Waals surface area contributed by atoms with E-state index < -0.39 is 35.1 Å². The minimum Gasteiger partial charge on any atom is -0.508 e. The van der Waals surface area contributed by atoms with Crippen molar-refractivity contribution in [1.82, 2.24) is 10.6 Å². The van der Waals surface area contributed by atoms with E-state index in [1.165, 1.54) is 18.2 Å². The third-order valence-electron chi connectivity index (χ3n) is 7.11. The van der Waals surface area contributed by atoms with E-state index in [0.717, 1.165) is 12.0 Å². The summed E-state index contributed by atoms with van der Waals surface area (Å²) in [6, 6.07) is 11.6. The van der Waals surface area contributed by atoms with Gasteiger partial charge in [0, 0.05) is 41.2 Å². The first-order valence-corrected chi connectivity index (χ1v) is 13.3. The lowest BCUT2D eigenvalue weighted by atomic mass is 9.65. The molecule has 11 nitrogen and oxygen atoms in total. The molecule has 210 valence electrons. The topological polar surface area (TPSA) is 184 Å². The lowest BCUT2D eigenvalue weighted by Gasteiger charge is -2.36. The van der Waals surface area contributed by atoms with Crippen LogP contribution in [-0.4, -0.2) is 64.7 Å². The molecule has 4 rings (SSSR count). The number of carbonyl (C=O) groups is 3. The number of ketones is 1. The number of benzene rings is 2. The average Bonchev–Trinajstić information content (AvgIpc) is 2.87. The molecule has 1 saturated carbocycles. The molecule has 0 spiro atoms. The number of hydrogen-bond donors (Lipinski definition) is 6. The molecule has 0 saturated heterocycles. The maximum atomic E-state index is 12.9. The lowest BCUT2D eigenvalue weighted by molar-refractivity contribution is -0.137. The zero-order valence-electron chi connectivity index (χ0n) is 21.6. The van der Waals surface area contributed by atoms with Crippen LogP contribution in [0.25, 0.3) is 0 Å². The van der Waals surface area contributed by atoms with Gasteiger partial charge in [-0.1, -0.05) is 17.7 Å². The van der Waals surface area contributed by atoms with Crippen LogP contribution in [0.1, 0.15) is 59.5 Å². The number of amides is 1. The number of rotatable bonds is 10. The summed E-state index contributed by atoms with van der Waals surface area (Å²) in [4.78, 5) is 41.4. The van der Waals surface area contributed by atoms with Crippen molar-refractivity contribution in [2.45, 2.75) is 49.5 Å². The fraction of sp³-hybridized carbons (Fsp3) is 0.393. The molecule has 2 aromatic rings. The highest BCUT2D eigenvalue weighted by atomic mass is 35.5. The summed E-state index contributed by atoms with van der Waals surface area (Å²) in [5.74, 6) is -2.59. The Morgan fingerprint density at radius 1 is 1.18 bits per heavy atom. The van der Waals surface area contributed by atoms with Crippen molar-refractivity contribution in [3.05, 3.63) is 58.1 Å². The van der Waals surface area contributed by atoms with Gasteiger partial charge in [0.15, 0.2) is 11.7 Å². The minimum absolute atomic E-state index is 0.0932. The van der Waals surface area contributed by atoms with Gasteiger partial charge in [0.1, 0.15) is 5.75 Å². The second kappa shape index (κ2) is 12.4. The second-order valence-corrected chi connectivity index (χ2v) is 10.6. The summed E-state index contributed by atoms with van der Waals surface area (Å²) in [6.45, 7) is 0.163. The van der Waals surface area contributed by atoms with Crippen molar-refractivity contribution in [2.75, 3.05) is 25.0 Å². The predicted molar refractivity (Wildman–Crippen MR) is 148 cm³/mol. The van der Waals surface area contributed by atoms with Crippen LogP contribution in [0.4, 0.5) is 5.69 Å². The molecule has 1 unspecified atom stereocenters. The van der Waals surface area contributed by atoms with Crippen LogP contribution in [-0.2, 0) is 15.0 Å². The number of phenols is 1. The third kappa shape index (κ3) is 7.08. The number of carboxylic acid groups (broad SMARTS) is 1. The fourth-order valence-electron chi connectivity index (χ4n) is 4.83. The van der Waals surface area contributed by atoms with Crippen molar-refractivity contribution < 1.29 is 29.7 Å². The SMILES string of the molecule is N#CC1(c2cc(Cl)cc([C@H](CC(=O)O)CC(=O)CNC(=O)c3cc(O)cc(NC4=NCC(O)CN4)c3)c2)CCC1. The number of aliphatic hydroxyl groups excluding tert-OH is 1. The molecular weight excluding hydrogens is 538 g/mol. The Kier molecular flexibility index (Phi) is 8.92. The largest absolute Gasteiger partial charge is 0.508 e. The molecule has 2 atom stereocenters. The number of phenolic OH excluding ortho intramolecular Hbond substituents is 1. The van der Waals surface area contributed by atoms with Crippen LogP contribution >= 0.6 is 11.6 Å². The van der Waals surface area contributed by atoms with Gasteiger partial charge in [-0.3, -0.25) is 19.4 Å². The monoisotopic (exact) mass is 567 g/mol. The van der Waals surface area contributed by atoms with Crippen molar-refractivity contribution in [2.24, 2.45) is 4.99 Å². The second-order valence-electron chi connectivity index (χ2n) is 10.2. The van der Waals surface area contributed by atoms with Gasteiger partial charge in [-0.15, -0.1) is 0 Å². The Balaban J connectivity index is 1.42. The predicted octanol–water partition coefficient (Wildman–Crippen LogP) is 2.67. The number of aliphatic hydroxyl groups is 1. The maximum absolute atomic E-state index is 12.9. The van der Waals surface area contributed by atoms with Crippen LogP contribution in [0.15, 0.2) is 41.4 Å². The first-order chi connectivity index (χ1) is 19.1. The van der Waals surface area contributed by atoms with Gasteiger partial charge in [0.2, 0.25) is 0 Å². The summed E-state index contributed by atoms with van der Waals surface area (Å²) in [6.07, 6.45) is 1.22. The lowest BCUT2D eigenvalue weighted by Crippen LogP contribution is -2.42. The number of nitrogens with zero attached hydrogens (tertiary/aromatic N) is 2. The minimum atomic E-state index is -1.09. The highest BCUT2D eigenvalue weighted by Crippen LogP contribution is 2.45. The number of aromatic hydroxyl groups is 1. The fourth-order valence-corrected chi connectivity index (χ4v) is 5.08. The molecule has 1 heterocycles. The zero-order valence-corrected chi connectivity index (χ0v) is 22.4. The first kappa shape index (κ1) is 28.9. The number of guanidine groups is 1. The van der Waals surface area contributed by atoms with Gasteiger partial charge >= 0.3 is 5.97 Å². The molecule has 2 aliphatic rings. The maximum Gasteiger partial charge on any atom is 0.303 e. The average molecular weight is 568 g/mol. The van der Waals surface area contributed by atoms with Crippen LogP contribution in [0.2, 0.25) is 5.02 Å². The standard InChI is InChI=1S/C28H30ClN5O6/c29-20-5-16(4-19(10-20)28(15-30)2-1-3-28)17(9-25(38)39)7-23(36)12-31-26(40)18-6-21(11-22(35)8-18)34-27-32-13-24(37)14-33-27/h4-6,8,10-11,17,24,35,37H,1-3,7,9,12-14H2,(H,31,40)(H,38,39)(H2,32,33,34)/t17-/m0/s1. The van der Waals surface area contributed by atoms with Gasteiger partial charge in [-0.2, -0.15) is 5.26 Å².